The highest BCUT2D eigenvalue weighted by Gasteiger charge is 2.28. The Hall–Kier alpha value is -1.04. The fourth-order valence-electron chi connectivity index (χ4n) is 4.56. The third-order valence-electron chi connectivity index (χ3n) is 6.45. The lowest BCUT2D eigenvalue weighted by molar-refractivity contribution is 0.112. The van der Waals surface area contributed by atoms with Gasteiger partial charge in [0.1, 0.15) is 11.6 Å². The van der Waals surface area contributed by atoms with Crippen LogP contribution in [-0.4, -0.2) is 105 Å². The summed E-state index contributed by atoms with van der Waals surface area (Å²) < 4.78 is 27.6. The van der Waals surface area contributed by atoms with Crippen molar-refractivity contribution in [3.63, 3.8) is 0 Å². The minimum absolute atomic E-state index is 0. The first kappa shape index (κ1) is 26.2. The predicted molar refractivity (Wildman–Crippen MR) is 133 cm³/mol. The van der Waals surface area contributed by atoms with E-state index >= 15 is 0 Å². The molecule has 0 aromatic heterocycles. The molecule has 0 aliphatic carbocycles. The van der Waals surface area contributed by atoms with Gasteiger partial charge < -0.3 is 15.1 Å². The summed E-state index contributed by atoms with van der Waals surface area (Å²) in [5.74, 6) is -0.0544. The van der Waals surface area contributed by atoms with Gasteiger partial charge in [-0.05, 0) is 26.6 Å². The third kappa shape index (κ3) is 6.72. The van der Waals surface area contributed by atoms with E-state index in [0.717, 1.165) is 70.8 Å². The molecule has 1 aromatic carbocycles. The summed E-state index contributed by atoms with van der Waals surface area (Å²) in [5.41, 5.74) is 0.583. The van der Waals surface area contributed by atoms with E-state index in [9.17, 15) is 8.78 Å². The minimum Gasteiger partial charge on any atom is -0.355 e. The van der Waals surface area contributed by atoms with Crippen molar-refractivity contribution >= 4 is 29.9 Å². The molecule has 1 aromatic rings. The lowest BCUT2D eigenvalue weighted by Crippen LogP contribution is -2.57. The van der Waals surface area contributed by atoms with Crippen molar-refractivity contribution in [1.82, 2.24) is 24.9 Å². The molecule has 0 amide bonds. The number of nitrogens with zero attached hydrogens (tertiary/aromatic N) is 5. The van der Waals surface area contributed by atoms with Crippen LogP contribution in [0, 0.1) is 11.6 Å². The summed E-state index contributed by atoms with van der Waals surface area (Å²) in [5, 5.41) is 3.55. The van der Waals surface area contributed by atoms with Crippen LogP contribution in [0.25, 0.3) is 0 Å². The maximum Gasteiger partial charge on any atom is 0.193 e. The zero-order chi connectivity index (χ0) is 21.7. The second-order valence-electron chi connectivity index (χ2n) is 8.44. The molecule has 2 aliphatic rings. The molecule has 3 rings (SSSR count). The Balaban J connectivity index is 0.00000341. The highest BCUT2D eigenvalue weighted by molar-refractivity contribution is 14.0. The van der Waals surface area contributed by atoms with E-state index in [2.05, 4.69) is 50.9 Å². The fraction of sp³-hybridized carbons (Fsp3) is 0.682. The van der Waals surface area contributed by atoms with Crippen molar-refractivity contribution in [2.75, 3.05) is 73.5 Å². The first-order valence-corrected chi connectivity index (χ1v) is 11.0. The molecule has 1 N–H and O–H groups in total. The largest absolute Gasteiger partial charge is 0.355 e. The topological polar surface area (TPSA) is 37.4 Å². The lowest BCUT2D eigenvalue weighted by atomic mass is 10.0. The van der Waals surface area contributed by atoms with Crippen LogP contribution in [0.1, 0.15) is 24.9 Å². The van der Waals surface area contributed by atoms with Crippen LogP contribution in [0.4, 0.5) is 8.78 Å². The van der Waals surface area contributed by atoms with Crippen LogP contribution in [0.2, 0.25) is 0 Å². The van der Waals surface area contributed by atoms with Crippen molar-refractivity contribution in [3.05, 3.63) is 35.4 Å². The Bertz CT molecular complexity index is 726. The predicted octanol–water partition coefficient (Wildman–Crippen LogP) is 2.47. The van der Waals surface area contributed by atoms with Crippen molar-refractivity contribution in [2.45, 2.75) is 25.4 Å². The molecule has 0 spiro atoms. The number of halogens is 3. The van der Waals surface area contributed by atoms with Gasteiger partial charge in [0, 0.05) is 83.1 Å². The third-order valence-corrected chi connectivity index (χ3v) is 6.45. The molecule has 2 unspecified atom stereocenters. The molecule has 0 radical (unpaired) electrons. The van der Waals surface area contributed by atoms with Gasteiger partial charge in [0.2, 0.25) is 0 Å². The zero-order valence-electron chi connectivity index (χ0n) is 19.2. The van der Waals surface area contributed by atoms with Gasteiger partial charge >= 0.3 is 0 Å². The number of nitrogens with one attached hydrogen (secondary N) is 1. The van der Waals surface area contributed by atoms with Crippen LogP contribution in [0.5, 0.6) is 0 Å². The summed E-state index contributed by atoms with van der Waals surface area (Å²) in [6.07, 6.45) is 0.789. The van der Waals surface area contributed by atoms with Crippen molar-refractivity contribution in [3.8, 4) is 0 Å². The molecule has 2 fully saturated rings. The molecule has 31 heavy (non-hydrogen) atoms. The number of hydrogen-bond acceptors (Lipinski definition) is 4. The Kier molecular flexibility index (Phi) is 10.4. The van der Waals surface area contributed by atoms with Gasteiger partial charge in [-0.25, -0.2) is 8.78 Å². The summed E-state index contributed by atoms with van der Waals surface area (Å²) in [7, 11) is 6.18. The molecule has 0 bridgehead atoms. The van der Waals surface area contributed by atoms with E-state index in [1.807, 2.05) is 7.05 Å². The van der Waals surface area contributed by atoms with E-state index in [-0.39, 0.29) is 30.0 Å². The SMILES string of the molecule is CCC(c1ccc(F)cc1F)N1CCN(C(=NC)NCC2CN(C)CCN2C)CC1.I. The maximum atomic E-state index is 14.3. The molecular formula is C22H37F2IN6. The fourth-order valence-corrected chi connectivity index (χ4v) is 4.56. The first-order chi connectivity index (χ1) is 14.4. The smallest absolute Gasteiger partial charge is 0.193 e. The summed E-state index contributed by atoms with van der Waals surface area (Å²) in [4.78, 5) is 13.8. The monoisotopic (exact) mass is 550 g/mol. The van der Waals surface area contributed by atoms with Gasteiger partial charge in [-0.1, -0.05) is 13.0 Å². The average molecular weight is 550 g/mol. The Morgan fingerprint density at radius 1 is 1.13 bits per heavy atom. The molecule has 9 heteroatoms. The van der Waals surface area contributed by atoms with Gasteiger partial charge in [0.25, 0.3) is 0 Å². The van der Waals surface area contributed by atoms with E-state index < -0.39 is 11.6 Å². The Morgan fingerprint density at radius 2 is 1.84 bits per heavy atom. The number of guanidine groups is 1. The van der Waals surface area contributed by atoms with Crippen molar-refractivity contribution in [1.29, 1.82) is 0 Å². The molecule has 2 saturated heterocycles. The number of benzene rings is 1. The Morgan fingerprint density at radius 3 is 2.45 bits per heavy atom. The summed E-state index contributed by atoms with van der Waals surface area (Å²) in [6, 6.07) is 4.35. The maximum absolute atomic E-state index is 14.3. The van der Waals surface area contributed by atoms with Crippen LogP contribution >= 0.6 is 24.0 Å². The standard InChI is InChI=1S/C22H36F2N6.HI/c1-5-21(19-7-6-17(23)14-20(19)24)29-10-12-30(13-11-29)22(25-2)26-15-18-16-27(3)8-9-28(18)4;/h6-7,14,18,21H,5,8-13,15-16H2,1-4H3,(H,25,26);1H. The molecule has 2 aliphatic heterocycles. The van der Waals surface area contributed by atoms with Crippen LogP contribution < -0.4 is 5.32 Å². The molecule has 176 valence electrons. The van der Waals surface area contributed by atoms with E-state index in [4.69, 9.17) is 0 Å². The van der Waals surface area contributed by atoms with Gasteiger partial charge in [-0.2, -0.15) is 0 Å². The lowest BCUT2D eigenvalue weighted by Gasteiger charge is -2.41. The highest BCUT2D eigenvalue weighted by atomic mass is 127. The number of piperazine rings is 2. The highest BCUT2D eigenvalue weighted by Crippen LogP contribution is 2.28. The summed E-state index contributed by atoms with van der Waals surface area (Å²) in [6.45, 7) is 9.47. The second kappa shape index (κ2) is 12.3. The van der Waals surface area contributed by atoms with Gasteiger partial charge in [0.15, 0.2) is 5.96 Å². The van der Waals surface area contributed by atoms with E-state index in [1.54, 1.807) is 6.07 Å². The normalized spacial score (nSPS) is 22.8. The summed E-state index contributed by atoms with van der Waals surface area (Å²) >= 11 is 0. The molecular weight excluding hydrogens is 513 g/mol. The van der Waals surface area contributed by atoms with Gasteiger partial charge in [-0.3, -0.25) is 14.8 Å². The van der Waals surface area contributed by atoms with Crippen LogP contribution in [-0.2, 0) is 0 Å². The van der Waals surface area contributed by atoms with Crippen molar-refractivity contribution < 1.29 is 8.78 Å². The number of hydrogen-bond donors (Lipinski definition) is 1. The number of aliphatic imine (C=N–C) groups is 1. The molecule has 2 heterocycles. The quantitative estimate of drug-likeness (QED) is 0.347. The van der Waals surface area contributed by atoms with Crippen LogP contribution in [0.3, 0.4) is 0 Å². The zero-order valence-corrected chi connectivity index (χ0v) is 21.5. The van der Waals surface area contributed by atoms with E-state index in [0.29, 0.717) is 11.6 Å². The van der Waals surface area contributed by atoms with Crippen LogP contribution in [0.15, 0.2) is 23.2 Å². The van der Waals surface area contributed by atoms with Gasteiger partial charge in [0.05, 0.1) is 0 Å². The Labute approximate surface area is 202 Å². The van der Waals surface area contributed by atoms with Crippen molar-refractivity contribution in [2.24, 2.45) is 4.99 Å². The number of likely N-dealkylation sites (N-methyl/N-ethyl adjacent to an activating group) is 2. The molecule has 0 saturated carbocycles. The minimum atomic E-state index is -0.527. The molecule has 2 atom stereocenters. The van der Waals surface area contributed by atoms with Gasteiger partial charge in [-0.15, -0.1) is 24.0 Å². The molecule has 6 nitrogen and oxygen atoms in total. The van der Waals surface area contributed by atoms with E-state index in [1.165, 1.54) is 6.07 Å². The number of rotatable bonds is 5. The second-order valence-corrected chi connectivity index (χ2v) is 8.44. The average Bonchev–Trinajstić information content (AvgIpc) is 2.74. The first-order valence-electron chi connectivity index (χ1n) is 11.0.